The van der Waals surface area contributed by atoms with Gasteiger partial charge in [0.2, 0.25) is 0 Å². The lowest BCUT2D eigenvalue weighted by atomic mass is 10.2. The van der Waals surface area contributed by atoms with Crippen molar-refractivity contribution in [1.82, 2.24) is 10.3 Å². The van der Waals surface area contributed by atoms with E-state index in [2.05, 4.69) is 10.3 Å². The largest absolute Gasteiger partial charge is 0.438 e. The van der Waals surface area contributed by atoms with Gasteiger partial charge < -0.3 is 9.73 Å². The molecule has 1 N–H and O–H groups in total. The SMILES string of the molecule is CCC(C)NC(=O)c1ncc(C)o1. The van der Waals surface area contributed by atoms with Gasteiger partial charge in [0, 0.05) is 6.04 Å². The molecule has 0 aliphatic heterocycles. The van der Waals surface area contributed by atoms with Gasteiger partial charge in [0.15, 0.2) is 0 Å². The summed E-state index contributed by atoms with van der Waals surface area (Å²) in [4.78, 5) is 15.2. The molecule has 72 valence electrons. The number of nitrogens with zero attached hydrogens (tertiary/aromatic N) is 1. The minimum Gasteiger partial charge on any atom is -0.438 e. The highest BCUT2D eigenvalue weighted by Crippen LogP contribution is 2.01. The summed E-state index contributed by atoms with van der Waals surface area (Å²) in [6.45, 7) is 5.70. The molecular formula is C9H14N2O2. The van der Waals surface area contributed by atoms with Gasteiger partial charge in [-0.2, -0.15) is 0 Å². The molecule has 1 heterocycles. The molecule has 0 bridgehead atoms. The van der Waals surface area contributed by atoms with E-state index in [-0.39, 0.29) is 17.8 Å². The number of aromatic nitrogens is 1. The molecule has 4 nitrogen and oxygen atoms in total. The average molecular weight is 182 g/mol. The standard InChI is InChI=1S/C9H14N2O2/c1-4-6(2)11-8(12)9-10-5-7(3)13-9/h5-6H,4H2,1-3H3,(H,11,12). The Morgan fingerprint density at radius 2 is 2.46 bits per heavy atom. The minimum atomic E-state index is -0.248. The van der Waals surface area contributed by atoms with E-state index >= 15 is 0 Å². The van der Waals surface area contributed by atoms with E-state index in [4.69, 9.17) is 4.42 Å². The van der Waals surface area contributed by atoms with Crippen LogP contribution in [0.3, 0.4) is 0 Å². The molecule has 0 aliphatic rings. The van der Waals surface area contributed by atoms with Crippen molar-refractivity contribution in [3.8, 4) is 0 Å². The van der Waals surface area contributed by atoms with Crippen LogP contribution in [-0.4, -0.2) is 16.9 Å². The van der Waals surface area contributed by atoms with Crippen LogP contribution in [0.2, 0.25) is 0 Å². The van der Waals surface area contributed by atoms with Crippen LogP contribution in [-0.2, 0) is 0 Å². The molecule has 0 saturated heterocycles. The predicted octanol–water partition coefficient (Wildman–Crippen LogP) is 1.51. The Morgan fingerprint density at radius 3 is 2.92 bits per heavy atom. The van der Waals surface area contributed by atoms with Crippen LogP contribution < -0.4 is 5.32 Å². The summed E-state index contributed by atoms with van der Waals surface area (Å²) in [6, 6.07) is 0.153. The second-order valence-electron chi connectivity index (χ2n) is 3.06. The van der Waals surface area contributed by atoms with Crippen molar-refractivity contribution < 1.29 is 9.21 Å². The zero-order valence-corrected chi connectivity index (χ0v) is 8.13. The number of hydrogen-bond acceptors (Lipinski definition) is 3. The van der Waals surface area contributed by atoms with E-state index in [1.807, 2.05) is 13.8 Å². The Hall–Kier alpha value is -1.32. The van der Waals surface area contributed by atoms with Crippen LogP contribution in [0.15, 0.2) is 10.6 Å². The van der Waals surface area contributed by atoms with Crippen LogP contribution in [0.1, 0.15) is 36.7 Å². The normalized spacial score (nSPS) is 12.5. The fraction of sp³-hybridized carbons (Fsp3) is 0.556. The molecule has 1 aromatic rings. The number of carbonyl (C=O) groups excluding carboxylic acids is 1. The van der Waals surface area contributed by atoms with E-state index in [1.165, 1.54) is 6.20 Å². The number of rotatable bonds is 3. The summed E-state index contributed by atoms with van der Waals surface area (Å²) >= 11 is 0. The Bertz CT molecular complexity index is 294. The molecule has 0 spiro atoms. The lowest BCUT2D eigenvalue weighted by Gasteiger charge is -2.08. The van der Waals surface area contributed by atoms with Gasteiger partial charge in [0.1, 0.15) is 5.76 Å². The van der Waals surface area contributed by atoms with E-state index in [0.29, 0.717) is 5.76 Å². The molecule has 0 aliphatic carbocycles. The number of nitrogens with one attached hydrogen (secondary N) is 1. The van der Waals surface area contributed by atoms with Crippen molar-refractivity contribution in [3.05, 3.63) is 17.8 Å². The number of carbonyl (C=O) groups is 1. The molecule has 0 aromatic carbocycles. The summed E-state index contributed by atoms with van der Waals surface area (Å²) in [7, 11) is 0. The first-order chi connectivity index (χ1) is 6.13. The van der Waals surface area contributed by atoms with Gasteiger partial charge in [0.25, 0.3) is 5.89 Å². The monoisotopic (exact) mass is 182 g/mol. The third-order valence-electron chi connectivity index (χ3n) is 1.81. The first kappa shape index (κ1) is 9.77. The number of amides is 1. The third kappa shape index (κ3) is 2.57. The Labute approximate surface area is 77.3 Å². The highest BCUT2D eigenvalue weighted by Gasteiger charge is 2.13. The lowest BCUT2D eigenvalue weighted by Crippen LogP contribution is -2.32. The quantitative estimate of drug-likeness (QED) is 0.770. The summed E-state index contributed by atoms with van der Waals surface area (Å²) in [6.07, 6.45) is 2.43. The van der Waals surface area contributed by atoms with Crippen molar-refractivity contribution in [3.63, 3.8) is 0 Å². The first-order valence-electron chi connectivity index (χ1n) is 4.36. The van der Waals surface area contributed by atoms with Gasteiger partial charge in [0.05, 0.1) is 6.20 Å². The molecule has 0 saturated carbocycles. The fourth-order valence-corrected chi connectivity index (χ4v) is 0.847. The van der Waals surface area contributed by atoms with E-state index in [0.717, 1.165) is 6.42 Å². The third-order valence-corrected chi connectivity index (χ3v) is 1.81. The van der Waals surface area contributed by atoms with E-state index < -0.39 is 0 Å². The van der Waals surface area contributed by atoms with Crippen molar-refractivity contribution in [2.24, 2.45) is 0 Å². The molecule has 1 aromatic heterocycles. The van der Waals surface area contributed by atoms with Crippen molar-refractivity contribution in [1.29, 1.82) is 0 Å². The average Bonchev–Trinajstić information content (AvgIpc) is 2.51. The maximum atomic E-state index is 11.4. The molecule has 0 radical (unpaired) electrons. The van der Waals surface area contributed by atoms with Gasteiger partial charge in [-0.3, -0.25) is 4.79 Å². The van der Waals surface area contributed by atoms with Crippen LogP contribution >= 0.6 is 0 Å². The van der Waals surface area contributed by atoms with Gasteiger partial charge in [-0.15, -0.1) is 0 Å². The zero-order valence-electron chi connectivity index (χ0n) is 8.13. The Balaban J connectivity index is 2.58. The molecule has 13 heavy (non-hydrogen) atoms. The van der Waals surface area contributed by atoms with Gasteiger partial charge >= 0.3 is 5.91 Å². The van der Waals surface area contributed by atoms with Gasteiger partial charge in [-0.05, 0) is 20.3 Å². The zero-order chi connectivity index (χ0) is 9.84. The molecular weight excluding hydrogens is 168 g/mol. The molecule has 1 rings (SSSR count). The van der Waals surface area contributed by atoms with E-state index in [1.54, 1.807) is 6.92 Å². The number of hydrogen-bond donors (Lipinski definition) is 1. The van der Waals surface area contributed by atoms with Crippen molar-refractivity contribution in [2.45, 2.75) is 33.2 Å². The minimum absolute atomic E-state index is 0.137. The summed E-state index contributed by atoms with van der Waals surface area (Å²) < 4.78 is 5.07. The molecule has 1 unspecified atom stereocenters. The lowest BCUT2D eigenvalue weighted by molar-refractivity contribution is 0.0903. The van der Waals surface area contributed by atoms with Crippen molar-refractivity contribution >= 4 is 5.91 Å². The van der Waals surface area contributed by atoms with Crippen LogP contribution in [0.5, 0.6) is 0 Å². The van der Waals surface area contributed by atoms with Crippen LogP contribution in [0.25, 0.3) is 0 Å². The molecule has 4 heteroatoms. The Kier molecular flexibility index (Phi) is 3.06. The molecule has 1 atom stereocenters. The Morgan fingerprint density at radius 1 is 1.77 bits per heavy atom. The van der Waals surface area contributed by atoms with E-state index in [9.17, 15) is 4.79 Å². The highest BCUT2D eigenvalue weighted by molar-refractivity contribution is 5.89. The second-order valence-corrected chi connectivity index (χ2v) is 3.06. The van der Waals surface area contributed by atoms with Crippen LogP contribution in [0.4, 0.5) is 0 Å². The van der Waals surface area contributed by atoms with Crippen molar-refractivity contribution in [2.75, 3.05) is 0 Å². The maximum absolute atomic E-state index is 11.4. The predicted molar refractivity (Wildman–Crippen MR) is 48.5 cm³/mol. The summed E-state index contributed by atoms with van der Waals surface area (Å²) in [5, 5.41) is 2.76. The number of aryl methyl sites for hydroxylation is 1. The first-order valence-corrected chi connectivity index (χ1v) is 4.36. The second kappa shape index (κ2) is 4.07. The van der Waals surface area contributed by atoms with Gasteiger partial charge in [-0.1, -0.05) is 6.92 Å². The molecule has 1 amide bonds. The summed E-state index contributed by atoms with van der Waals surface area (Å²) in [5.74, 6) is 0.537. The topological polar surface area (TPSA) is 55.1 Å². The fourth-order valence-electron chi connectivity index (χ4n) is 0.847. The van der Waals surface area contributed by atoms with Gasteiger partial charge in [-0.25, -0.2) is 4.98 Å². The number of oxazole rings is 1. The smallest absolute Gasteiger partial charge is 0.307 e. The van der Waals surface area contributed by atoms with Crippen LogP contribution in [0, 0.1) is 6.92 Å². The molecule has 0 fully saturated rings. The maximum Gasteiger partial charge on any atom is 0.307 e. The highest BCUT2D eigenvalue weighted by atomic mass is 16.4. The summed E-state index contributed by atoms with van der Waals surface area (Å²) in [5.41, 5.74) is 0.